The summed E-state index contributed by atoms with van der Waals surface area (Å²) in [4.78, 5) is 15.9. The molecule has 0 saturated carbocycles. The zero-order chi connectivity index (χ0) is 12.8. The van der Waals surface area contributed by atoms with Crippen molar-refractivity contribution in [1.82, 2.24) is 10.3 Å². The molecule has 1 N–H and O–H groups in total. The maximum absolute atomic E-state index is 11.9. The van der Waals surface area contributed by atoms with Crippen LogP contribution in [-0.2, 0) is 0 Å². The highest BCUT2D eigenvalue weighted by atomic mass is 79.9. The smallest absolute Gasteiger partial charge is 0.253 e. The molecule has 0 spiro atoms. The Bertz CT molecular complexity index is 381. The number of carbonyl (C=O) groups excluding carboxylic acids is 1. The van der Waals surface area contributed by atoms with Crippen LogP contribution in [0, 0.1) is 5.92 Å². The van der Waals surface area contributed by atoms with Gasteiger partial charge in [0, 0.05) is 22.9 Å². The van der Waals surface area contributed by atoms with Crippen molar-refractivity contribution in [2.24, 2.45) is 5.92 Å². The quantitative estimate of drug-likeness (QED) is 0.905. The summed E-state index contributed by atoms with van der Waals surface area (Å²) in [7, 11) is 0. The molecule has 3 nitrogen and oxygen atoms in total. The zero-order valence-electron chi connectivity index (χ0n) is 10.5. The molecule has 1 rings (SSSR count). The van der Waals surface area contributed by atoms with Gasteiger partial charge in [0.1, 0.15) is 0 Å². The van der Waals surface area contributed by atoms with Crippen LogP contribution in [0.25, 0.3) is 0 Å². The minimum Gasteiger partial charge on any atom is -0.350 e. The van der Waals surface area contributed by atoms with Gasteiger partial charge in [-0.1, -0.05) is 20.3 Å². The minimum atomic E-state index is -0.0606. The van der Waals surface area contributed by atoms with E-state index >= 15 is 0 Å². The molecule has 0 aliphatic heterocycles. The first-order chi connectivity index (χ1) is 8.02. The van der Waals surface area contributed by atoms with Crippen molar-refractivity contribution in [1.29, 1.82) is 0 Å². The summed E-state index contributed by atoms with van der Waals surface area (Å²) >= 11 is 3.31. The number of amides is 1. The van der Waals surface area contributed by atoms with Crippen molar-refractivity contribution >= 4 is 21.8 Å². The lowest BCUT2D eigenvalue weighted by atomic mass is 10.0. The van der Waals surface area contributed by atoms with Gasteiger partial charge in [0.2, 0.25) is 0 Å². The normalized spacial score (nSPS) is 14.1. The van der Waals surface area contributed by atoms with Gasteiger partial charge < -0.3 is 5.32 Å². The van der Waals surface area contributed by atoms with Gasteiger partial charge in [-0.05, 0) is 41.3 Å². The van der Waals surface area contributed by atoms with Gasteiger partial charge in [-0.15, -0.1) is 0 Å². The third kappa shape index (κ3) is 4.86. The summed E-state index contributed by atoms with van der Waals surface area (Å²) < 4.78 is 0.819. The molecule has 0 radical (unpaired) electrons. The molecule has 0 saturated heterocycles. The summed E-state index contributed by atoms with van der Waals surface area (Å²) in [5.41, 5.74) is 0.593. The van der Waals surface area contributed by atoms with E-state index in [4.69, 9.17) is 0 Å². The van der Waals surface area contributed by atoms with E-state index in [0.29, 0.717) is 11.5 Å². The molecule has 0 aliphatic carbocycles. The van der Waals surface area contributed by atoms with Crippen LogP contribution in [0.3, 0.4) is 0 Å². The fourth-order valence-corrected chi connectivity index (χ4v) is 2.04. The van der Waals surface area contributed by atoms with Crippen LogP contribution in [0.2, 0.25) is 0 Å². The van der Waals surface area contributed by atoms with Gasteiger partial charge in [-0.3, -0.25) is 9.78 Å². The lowest BCUT2D eigenvalue weighted by Crippen LogP contribution is -2.33. The first-order valence-electron chi connectivity index (χ1n) is 5.94. The Hall–Kier alpha value is -0.900. The van der Waals surface area contributed by atoms with Crippen molar-refractivity contribution in [2.45, 2.75) is 39.7 Å². The van der Waals surface area contributed by atoms with Crippen LogP contribution in [0.1, 0.15) is 44.0 Å². The number of nitrogens with one attached hydrogen (secondary N) is 1. The maximum Gasteiger partial charge on any atom is 0.253 e. The highest BCUT2D eigenvalue weighted by Gasteiger charge is 2.12. The van der Waals surface area contributed by atoms with Crippen LogP contribution >= 0.6 is 15.9 Å². The SMILES string of the molecule is CCC(C)CC(C)NC(=O)c1cncc(Br)c1. The number of halogens is 1. The van der Waals surface area contributed by atoms with E-state index in [1.165, 1.54) is 0 Å². The largest absolute Gasteiger partial charge is 0.350 e. The van der Waals surface area contributed by atoms with Crippen LogP contribution in [0.15, 0.2) is 22.9 Å². The fraction of sp³-hybridized carbons (Fsp3) is 0.538. The summed E-state index contributed by atoms with van der Waals surface area (Å²) in [6.45, 7) is 6.40. The highest BCUT2D eigenvalue weighted by molar-refractivity contribution is 9.10. The Balaban J connectivity index is 2.54. The van der Waals surface area contributed by atoms with E-state index < -0.39 is 0 Å². The van der Waals surface area contributed by atoms with E-state index in [-0.39, 0.29) is 11.9 Å². The number of pyridine rings is 1. The third-order valence-electron chi connectivity index (χ3n) is 2.80. The predicted molar refractivity (Wildman–Crippen MR) is 72.9 cm³/mol. The predicted octanol–water partition coefficient (Wildman–Crippen LogP) is 3.40. The summed E-state index contributed by atoms with van der Waals surface area (Å²) in [5, 5.41) is 2.99. The number of hydrogen-bond donors (Lipinski definition) is 1. The van der Waals surface area contributed by atoms with Crippen LogP contribution < -0.4 is 5.32 Å². The summed E-state index contributed by atoms with van der Waals surface area (Å²) in [6.07, 6.45) is 5.39. The molecule has 1 amide bonds. The second kappa shape index (κ2) is 6.74. The van der Waals surface area contributed by atoms with Crippen LogP contribution in [-0.4, -0.2) is 16.9 Å². The molecular weight excluding hydrogens is 280 g/mol. The van der Waals surface area contributed by atoms with Crippen molar-refractivity contribution < 1.29 is 4.79 Å². The molecule has 1 aromatic heterocycles. The standard InChI is InChI=1S/C13H19BrN2O/c1-4-9(2)5-10(3)16-13(17)11-6-12(14)8-15-7-11/h6-10H,4-5H2,1-3H3,(H,16,17). The van der Waals surface area contributed by atoms with Gasteiger partial charge >= 0.3 is 0 Å². The van der Waals surface area contributed by atoms with Gasteiger partial charge in [-0.2, -0.15) is 0 Å². The molecule has 4 heteroatoms. The average molecular weight is 299 g/mol. The van der Waals surface area contributed by atoms with Crippen molar-refractivity contribution in [3.63, 3.8) is 0 Å². The zero-order valence-corrected chi connectivity index (χ0v) is 12.1. The van der Waals surface area contributed by atoms with Crippen LogP contribution in [0.4, 0.5) is 0 Å². The molecule has 0 bridgehead atoms. The second-order valence-electron chi connectivity index (χ2n) is 4.52. The molecule has 0 fully saturated rings. The Morgan fingerprint density at radius 3 is 2.76 bits per heavy atom. The average Bonchev–Trinajstić information content (AvgIpc) is 2.28. The Kier molecular flexibility index (Phi) is 5.62. The lowest BCUT2D eigenvalue weighted by Gasteiger charge is -2.17. The Labute approximate surface area is 111 Å². The molecule has 17 heavy (non-hydrogen) atoms. The van der Waals surface area contributed by atoms with Gasteiger partial charge in [0.15, 0.2) is 0 Å². The van der Waals surface area contributed by atoms with Gasteiger partial charge in [0.25, 0.3) is 5.91 Å². The summed E-state index contributed by atoms with van der Waals surface area (Å²) in [6, 6.07) is 1.97. The van der Waals surface area contributed by atoms with E-state index in [1.807, 2.05) is 6.92 Å². The monoisotopic (exact) mass is 298 g/mol. The summed E-state index contributed by atoms with van der Waals surface area (Å²) in [5.74, 6) is 0.570. The highest BCUT2D eigenvalue weighted by Crippen LogP contribution is 2.12. The third-order valence-corrected chi connectivity index (χ3v) is 3.23. The van der Waals surface area contributed by atoms with E-state index in [0.717, 1.165) is 17.3 Å². The number of nitrogens with zero attached hydrogens (tertiary/aromatic N) is 1. The molecule has 2 unspecified atom stereocenters. The molecule has 1 aromatic rings. The number of aromatic nitrogens is 1. The van der Waals surface area contributed by atoms with Gasteiger partial charge in [-0.25, -0.2) is 0 Å². The lowest BCUT2D eigenvalue weighted by molar-refractivity contribution is 0.0935. The number of rotatable bonds is 5. The molecule has 1 heterocycles. The first kappa shape index (κ1) is 14.2. The Morgan fingerprint density at radius 1 is 1.47 bits per heavy atom. The minimum absolute atomic E-state index is 0.0606. The molecule has 2 atom stereocenters. The molecule has 0 aliphatic rings. The van der Waals surface area contributed by atoms with Crippen LogP contribution in [0.5, 0.6) is 0 Å². The van der Waals surface area contributed by atoms with E-state index in [2.05, 4.69) is 40.1 Å². The number of hydrogen-bond acceptors (Lipinski definition) is 2. The maximum atomic E-state index is 11.9. The fourth-order valence-electron chi connectivity index (χ4n) is 1.67. The molecular formula is C13H19BrN2O. The van der Waals surface area contributed by atoms with Gasteiger partial charge in [0.05, 0.1) is 5.56 Å². The van der Waals surface area contributed by atoms with Crippen molar-refractivity contribution in [3.05, 3.63) is 28.5 Å². The van der Waals surface area contributed by atoms with Crippen molar-refractivity contribution in [3.8, 4) is 0 Å². The Morgan fingerprint density at radius 2 is 2.18 bits per heavy atom. The molecule has 0 aromatic carbocycles. The molecule has 94 valence electrons. The van der Waals surface area contributed by atoms with E-state index in [1.54, 1.807) is 18.5 Å². The number of carbonyl (C=O) groups is 1. The van der Waals surface area contributed by atoms with Crippen molar-refractivity contribution in [2.75, 3.05) is 0 Å². The first-order valence-corrected chi connectivity index (χ1v) is 6.73. The second-order valence-corrected chi connectivity index (χ2v) is 5.43. The topological polar surface area (TPSA) is 42.0 Å². The van der Waals surface area contributed by atoms with E-state index in [9.17, 15) is 4.79 Å².